The third-order valence-corrected chi connectivity index (χ3v) is 9.35. The van der Waals surface area contributed by atoms with Gasteiger partial charge in [-0.3, -0.25) is 0 Å². The Labute approximate surface area is 296 Å². The molecule has 4 rings (SSSR count). The number of benzene rings is 4. The fourth-order valence-corrected chi connectivity index (χ4v) is 7.00. The third-order valence-electron chi connectivity index (χ3n) is 9.35. The molecule has 1 N–H and O–H groups in total. The highest BCUT2D eigenvalue weighted by Crippen LogP contribution is 2.34. The number of ether oxygens (including phenoxy) is 3. The van der Waals surface area contributed by atoms with Gasteiger partial charge in [0.1, 0.15) is 5.75 Å². The van der Waals surface area contributed by atoms with Crippen molar-refractivity contribution in [3.8, 4) is 5.75 Å². The first-order valence-corrected chi connectivity index (χ1v) is 18.8. The van der Waals surface area contributed by atoms with Crippen LogP contribution in [0.4, 0.5) is 0 Å². The summed E-state index contributed by atoms with van der Waals surface area (Å²) in [6.45, 7) is 13.1. The molecule has 264 valence electrons. The van der Waals surface area contributed by atoms with Gasteiger partial charge in [-0.25, -0.2) is 0 Å². The zero-order valence-electron chi connectivity index (χ0n) is 30.8. The van der Waals surface area contributed by atoms with Crippen molar-refractivity contribution in [1.29, 1.82) is 0 Å². The van der Waals surface area contributed by atoms with Gasteiger partial charge in [-0.1, -0.05) is 137 Å². The summed E-state index contributed by atoms with van der Waals surface area (Å²) >= 11 is 0. The number of aromatic hydroxyl groups is 1. The van der Waals surface area contributed by atoms with E-state index < -0.39 is 0 Å². The van der Waals surface area contributed by atoms with Crippen LogP contribution in [-0.4, -0.2) is 23.4 Å². The Morgan fingerprint density at radius 3 is 1.16 bits per heavy atom. The summed E-state index contributed by atoms with van der Waals surface area (Å²) in [5.41, 5.74) is 6.94. The SMILES string of the molecule is CCCC(OC(C)Cc1ccc(O)c(CC(C)OC(CCC)c2ccccc2)c1CC(C)OC(CCC)c1ccccc1)c1ccccc1. The van der Waals surface area contributed by atoms with E-state index in [4.69, 9.17) is 14.2 Å². The van der Waals surface area contributed by atoms with Crippen molar-refractivity contribution in [2.75, 3.05) is 0 Å². The van der Waals surface area contributed by atoms with Gasteiger partial charge in [-0.15, -0.1) is 0 Å². The van der Waals surface area contributed by atoms with Crippen molar-refractivity contribution in [1.82, 2.24) is 0 Å². The Kier molecular flexibility index (Phi) is 15.9. The summed E-state index contributed by atoms with van der Waals surface area (Å²) < 4.78 is 20.3. The molecule has 6 atom stereocenters. The van der Waals surface area contributed by atoms with Crippen molar-refractivity contribution in [3.05, 3.63) is 137 Å². The summed E-state index contributed by atoms with van der Waals surface area (Å²) in [5, 5.41) is 11.4. The molecule has 4 aromatic rings. The molecule has 0 saturated carbocycles. The Morgan fingerprint density at radius 2 is 0.796 bits per heavy atom. The molecule has 0 fully saturated rings. The van der Waals surface area contributed by atoms with Crippen molar-refractivity contribution in [2.24, 2.45) is 0 Å². The predicted molar refractivity (Wildman–Crippen MR) is 203 cm³/mol. The molecule has 0 spiro atoms. The molecule has 0 radical (unpaired) electrons. The minimum atomic E-state index is -0.0919. The molecule has 0 amide bonds. The fraction of sp³-hybridized carbons (Fsp3) is 0.467. The summed E-state index contributed by atoms with van der Waals surface area (Å²) in [6, 6.07) is 35.6. The van der Waals surface area contributed by atoms with Crippen LogP contribution in [0.2, 0.25) is 0 Å². The Bertz CT molecular complexity index is 1470. The first-order chi connectivity index (χ1) is 23.8. The lowest BCUT2D eigenvalue weighted by Gasteiger charge is -2.28. The highest BCUT2D eigenvalue weighted by Gasteiger charge is 2.24. The van der Waals surface area contributed by atoms with Crippen LogP contribution in [0.25, 0.3) is 0 Å². The van der Waals surface area contributed by atoms with E-state index >= 15 is 0 Å². The first kappa shape index (κ1) is 38.4. The second-order valence-corrected chi connectivity index (χ2v) is 13.7. The normalized spacial score (nSPS) is 15.3. The van der Waals surface area contributed by atoms with Gasteiger partial charge in [0, 0.05) is 6.42 Å². The molecule has 4 aromatic carbocycles. The minimum absolute atomic E-state index is 0.0121. The number of phenols is 1. The Morgan fingerprint density at radius 1 is 0.449 bits per heavy atom. The zero-order valence-corrected chi connectivity index (χ0v) is 30.8. The monoisotopic (exact) mass is 664 g/mol. The zero-order chi connectivity index (χ0) is 35.0. The molecule has 0 aliphatic rings. The lowest BCUT2D eigenvalue weighted by atomic mass is 9.89. The van der Waals surface area contributed by atoms with Crippen LogP contribution < -0.4 is 0 Å². The van der Waals surface area contributed by atoms with E-state index in [1.54, 1.807) is 0 Å². The van der Waals surface area contributed by atoms with Gasteiger partial charge in [0.2, 0.25) is 0 Å². The number of hydrogen-bond acceptors (Lipinski definition) is 4. The highest BCUT2D eigenvalue weighted by molar-refractivity contribution is 5.46. The molecule has 4 heteroatoms. The molecular weight excluding hydrogens is 604 g/mol. The molecule has 0 saturated heterocycles. The van der Waals surface area contributed by atoms with E-state index in [-0.39, 0.29) is 36.6 Å². The van der Waals surface area contributed by atoms with Crippen LogP contribution in [0.15, 0.2) is 103 Å². The summed E-state index contributed by atoms with van der Waals surface area (Å²) in [6.07, 6.45) is 7.99. The maximum atomic E-state index is 11.4. The van der Waals surface area contributed by atoms with Gasteiger partial charge in [-0.05, 0) is 92.3 Å². The van der Waals surface area contributed by atoms with Crippen LogP contribution in [0.5, 0.6) is 5.75 Å². The van der Waals surface area contributed by atoms with Gasteiger partial charge in [0.25, 0.3) is 0 Å². The second kappa shape index (κ2) is 20.3. The van der Waals surface area contributed by atoms with Crippen LogP contribution in [0, 0.1) is 0 Å². The maximum Gasteiger partial charge on any atom is 0.119 e. The van der Waals surface area contributed by atoms with Crippen LogP contribution >= 0.6 is 0 Å². The van der Waals surface area contributed by atoms with E-state index in [0.717, 1.165) is 56.1 Å². The fourth-order valence-electron chi connectivity index (χ4n) is 7.00. The molecule has 4 nitrogen and oxygen atoms in total. The van der Waals surface area contributed by atoms with Crippen LogP contribution in [0.3, 0.4) is 0 Å². The molecule has 0 aliphatic carbocycles. The topological polar surface area (TPSA) is 47.9 Å². The number of rotatable bonds is 21. The van der Waals surface area contributed by atoms with Crippen LogP contribution in [0.1, 0.15) is 132 Å². The lowest BCUT2D eigenvalue weighted by molar-refractivity contribution is -0.0125. The smallest absolute Gasteiger partial charge is 0.119 e. The van der Waals surface area contributed by atoms with Crippen LogP contribution in [-0.2, 0) is 33.5 Å². The molecule has 0 aliphatic heterocycles. The molecule has 0 bridgehead atoms. The van der Waals surface area contributed by atoms with Gasteiger partial charge >= 0.3 is 0 Å². The van der Waals surface area contributed by atoms with Gasteiger partial charge in [-0.2, -0.15) is 0 Å². The number of hydrogen-bond donors (Lipinski definition) is 1. The summed E-state index contributed by atoms with van der Waals surface area (Å²) in [7, 11) is 0. The molecule has 0 aromatic heterocycles. The van der Waals surface area contributed by atoms with Gasteiger partial charge < -0.3 is 19.3 Å². The van der Waals surface area contributed by atoms with Crippen molar-refractivity contribution < 1.29 is 19.3 Å². The average molecular weight is 665 g/mol. The average Bonchev–Trinajstić information content (AvgIpc) is 3.11. The minimum Gasteiger partial charge on any atom is -0.508 e. The summed E-state index contributed by atoms with van der Waals surface area (Å²) in [4.78, 5) is 0. The quantitative estimate of drug-likeness (QED) is 0.0963. The van der Waals surface area contributed by atoms with E-state index in [1.165, 1.54) is 22.3 Å². The Balaban J connectivity index is 1.62. The highest BCUT2D eigenvalue weighted by atomic mass is 16.5. The van der Waals surface area contributed by atoms with E-state index in [0.29, 0.717) is 18.6 Å². The second-order valence-electron chi connectivity index (χ2n) is 13.7. The van der Waals surface area contributed by atoms with Crippen molar-refractivity contribution in [3.63, 3.8) is 0 Å². The molecule has 49 heavy (non-hydrogen) atoms. The van der Waals surface area contributed by atoms with Crippen molar-refractivity contribution >= 4 is 0 Å². The van der Waals surface area contributed by atoms with E-state index in [1.807, 2.05) is 12.1 Å². The maximum absolute atomic E-state index is 11.4. The largest absolute Gasteiger partial charge is 0.508 e. The summed E-state index contributed by atoms with van der Waals surface area (Å²) in [5.74, 6) is 0.322. The standard InChI is InChI=1S/C45H60O4/c1-7-19-43(36-22-13-10-14-23-36)47-33(4)30-39-28-29-42(46)41(32-35(6)49-45(21-9-3)38-26-17-12-18-27-38)40(39)31-34(5)48-44(20-8-2)37-24-15-11-16-25-37/h10-18,22-29,33-35,43-46H,7-9,19-21,30-32H2,1-6H3. The number of phenolic OH excluding ortho intramolecular Hbond substituents is 1. The van der Waals surface area contributed by atoms with E-state index in [9.17, 15) is 5.11 Å². The molecule has 0 heterocycles. The molecular formula is C45H60O4. The first-order valence-electron chi connectivity index (χ1n) is 18.8. The molecule has 6 unspecified atom stereocenters. The Hall–Kier alpha value is -3.44. The van der Waals surface area contributed by atoms with Crippen molar-refractivity contribution in [2.45, 2.75) is 136 Å². The van der Waals surface area contributed by atoms with E-state index in [2.05, 4.69) is 133 Å². The predicted octanol–water partition coefficient (Wildman–Crippen LogP) is 11.9. The lowest BCUT2D eigenvalue weighted by Crippen LogP contribution is -2.22. The van der Waals surface area contributed by atoms with Gasteiger partial charge in [0.05, 0.1) is 36.6 Å². The van der Waals surface area contributed by atoms with Gasteiger partial charge in [0.15, 0.2) is 0 Å². The third kappa shape index (κ3) is 11.8.